The summed E-state index contributed by atoms with van der Waals surface area (Å²) < 4.78 is 5.65. The van der Waals surface area contributed by atoms with Crippen molar-refractivity contribution in [1.29, 1.82) is 0 Å². The molecule has 0 bridgehead atoms. The topological polar surface area (TPSA) is 57.7 Å². The van der Waals surface area contributed by atoms with Crippen molar-refractivity contribution >= 4 is 5.96 Å². The molecule has 1 saturated heterocycles. The molecule has 1 atom stereocenters. The average molecular weight is 371 g/mol. The van der Waals surface area contributed by atoms with Gasteiger partial charge in [-0.3, -0.25) is 4.99 Å². The first kappa shape index (κ1) is 19.9. The van der Waals surface area contributed by atoms with Gasteiger partial charge in [0.2, 0.25) is 0 Å². The fourth-order valence-corrected chi connectivity index (χ4v) is 3.87. The van der Waals surface area contributed by atoms with Crippen LogP contribution in [-0.4, -0.2) is 43.8 Å². The zero-order chi connectivity index (χ0) is 19.0. The lowest BCUT2D eigenvalue weighted by Gasteiger charge is -2.39. The molecule has 1 fully saturated rings. The van der Waals surface area contributed by atoms with Gasteiger partial charge in [0.15, 0.2) is 5.96 Å². The van der Waals surface area contributed by atoms with E-state index in [2.05, 4.69) is 72.3 Å². The minimum absolute atomic E-state index is 0.0240. The number of benzene rings is 1. The highest BCUT2D eigenvalue weighted by Gasteiger charge is 2.34. The summed E-state index contributed by atoms with van der Waals surface area (Å²) in [5.74, 6) is 0.922. The number of nitrogens with one attached hydrogen (secondary N) is 3. The molecule has 0 aromatic heterocycles. The Morgan fingerprint density at radius 1 is 1.19 bits per heavy atom. The molecule has 148 valence electrons. The third kappa shape index (κ3) is 5.81. The summed E-state index contributed by atoms with van der Waals surface area (Å²) in [5, 5.41) is 10.9. The lowest BCUT2D eigenvalue weighted by atomic mass is 9.88. The number of aliphatic imine (C=N–C) groups is 1. The monoisotopic (exact) mass is 370 g/mol. The molecule has 1 heterocycles. The number of hydrogen-bond acceptors (Lipinski definition) is 3. The van der Waals surface area contributed by atoms with Crippen molar-refractivity contribution in [1.82, 2.24) is 16.0 Å². The Kier molecular flexibility index (Phi) is 7.30. The van der Waals surface area contributed by atoms with Crippen LogP contribution < -0.4 is 16.0 Å². The van der Waals surface area contributed by atoms with E-state index in [0.29, 0.717) is 6.04 Å². The van der Waals surface area contributed by atoms with E-state index < -0.39 is 0 Å². The number of ether oxygens (including phenoxy) is 1. The molecule has 5 heteroatoms. The predicted octanol–water partition coefficient (Wildman–Crippen LogP) is 3.16. The van der Waals surface area contributed by atoms with Crippen LogP contribution in [0.3, 0.4) is 0 Å². The van der Waals surface area contributed by atoms with E-state index in [-0.39, 0.29) is 11.6 Å². The maximum absolute atomic E-state index is 5.65. The van der Waals surface area contributed by atoms with Crippen molar-refractivity contribution in [2.75, 3.05) is 26.3 Å². The van der Waals surface area contributed by atoms with Crippen LogP contribution in [0.5, 0.6) is 0 Å². The smallest absolute Gasteiger partial charge is 0.191 e. The second-order valence-corrected chi connectivity index (χ2v) is 7.65. The summed E-state index contributed by atoms with van der Waals surface area (Å²) in [7, 11) is 0. The Morgan fingerprint density at radius 2 is 1.89 bits per heavy atom. The van der Waals surface area contributed by atoms with Crippen LogP contribution in [0, 0.1) is 0 Å². The Morgan fingerprint density at radius 3 is 2.56 bits per heavy atom. The van der Waals surface area contributed by atoms with Crippen LogP contribution in [0.15, 0.2) is 47.5 Å². The van der Waals surface area contributed by atoms with E-state index in [1.54, 1.807) is 0 Å². The second-order valence-electron chi connectivity index (χ2n) is 7.65. The van der Waals surface area contributed by atoms with Crippen molar-refractivity contribution in [2.45, 2.75) is 57.2 Å². The molecule has 1 aliphatic carbocycles. The quantitative estimate of drug-likeness (QED) is 0.392. The first-order valence-electron chi connectivity index (χ1n) is 10.3. The molecular formula is C22H34N4O. The van der Waals surface area contributed by atoms with Crippen LogP contribution in [0.25, 0.3) is 0 Å². The molecule has 3 rings (SSSR count). The zero-order valence-electron chi connectivity index (χ0n) is 16.7. The van der Waals surface area contributed by atoms with Gasteiger partial charge in [-0.1, -0.05) is 42.5 Å². The van der Waals surface area contributed by atoms with Crippen LogP contribution in [0.4, 0.5) is 0 Å². The molecular weight excluding hydrogens is 336 g/mol. The largest absolute Gasteiger partial charge is 0.381 e. The molecule has 0 spiro atoms. The highest BCUT2D eigenvalue weighted by molar-refractivity contribution is 5.80. The van der Waals surface area contributed by atoms with Gasteiger partial charge in [0.1, 0.15) is 0 Å². The summed E-state index contributed by atoms with van der Waals surface area (Å²) in [4.78, 5) is 4.97. The van der Waals surface area contributed by atoms with Gasteiger partial charge in [0.05, 0.1) is 6.54 Å². The van der Waals surface area contributed by atoms with E-state index in [1.165, 1.54) is 5.56 Å². The van der Waals surface area contributed by atoms with E-state index >= 15 is 0 Å². The van der Waals surface area contributed by atoms with E-state index in [0.717, 1.165) is 57.9 Å². The number of nitrogens with zero attached hydrogens (tertiary/aromatic N) is 1. The van der Waals surface area contributed by atoms with Gasteiger partial charge < -0.3 is 20.7 Å². The molecule has 5 nitrogen and oxygen atoms in total. The molecule has 3 N–H and O–H groups in total. The van der Waals surface area contributed by atoms with Crippen molar-refractivity contribution < 1.29 is 4.74 Å². The molecule has 1 aliphatic heterocycles. The average Bonchev–Trinajstić information content (AvgIpc) is 3.21. The summed E-state index contributed by atoms with van der Waals surface area (Å²) >= 11 is 0. The molecule has 2 aliphatic rings. The van der Waals surface area contributed by atoms with Gasteiger partial charge in [0.25, 0.3) is 0 Å². The number of hydrogen-bond donors (Lipinski definition) is 3. The minimum Gasteiger partial charge on any atom is -0.381 e. The third-order valence-electron chi connectivity index (χ3n) is 5.50. The Balaban J connectivity index is 1.68. The second kappa shape index (κ2) is 9.90. The Labute approximate surface area is 163 Å². The molecule has 1 aromatic rings. The Hall–Kier alpha value is -1.85. The predicted molar refractivity (Wildman–Crippen MR) is 112 cm³/mol. The SMILES string of the molecule is CCNC(=NCC1(NC(C)c2ccccc2)CCOCC1)NC1CC=CC1. The van der Waals surface area contributed by atoms with Gasteiger partial charge in [-0.2, -0.15) is 0 Å². The minimum atomic E-state index is -0.0240. The third-order valence-corrected chi connectivity index (χ3v) is 5.50. The molecule has 0 saturated carbocycles. The van der Waals surface area contributed by atoms with Gasteiger partial charge in [0, 0.05) is 37.4 Å². The normalized spacial score (nSPS) is 21.2. The van der Waals surface area contributed by atoms with Gasteiger partial charge in [-0.25, -0.2) is 0 Å². The van der Waals surface area contributed by atoms with E-state index in [9.17, 15) is 0 Å². The number of guanidine groups is 1. The Bertz CT molecular complexity index is 614. The number of rotatable bonds is 7. The van der Waals surface area contributed by atoms with Crippen LogP contribution in [0.1, 0.15) is 51.1 Å². The molecule has 1 unspecified atom stereocenters. The van der Waals surface area contributed by atoms with Gasteiger partial charge in [-0.05, 0) is 45.1 Å². The lowest BCUT2D eigenvalue weighted by Crippen LogP contribution is -2.53. The molecule has 0 amide bonds. The maximum Gasteiger partial charge on any atom is 0.191 e. The first-order valence-corrected chi connectivity index (χ1v) is 10.3. The standard InChI is InChI=1S/C22H34N4O/c1-3-23-21(25-20-11-7-8-12-20)24-17-22(13-15-27-16-14-22)26-18(2)19-9-5-4-6-10-19/h4-10,18,20,26H,3,11-17H2,1-2H3,(H2,23,24,25). The zero-order valence-corrected chi connectivity index (χ0v) is 16.7. The van der Waals surface area contributed by atoms with Gasteiger partial charge in [-0.15, -0.1) is 0 Å². The highest BCUT2D eigenvalue weighted by Crippen LogP contribution is 2.26. The van der Waals surface area contributed by atoms with E-state index in [1.807, 2.05) is 0 Å². The van der Waals surface area contributed by atoms with Crippen molar-refractivity contribution in [3.05, 3.63) is 48.0 Å². The fraction of sp³-hybridized carbons (Fsp3) is 0.591. The summed E-state index contributed by atoms with van der Waals surface area (Å²) in [5.41, 5.74) is 1.29. The lowest BCUT2D eigenvalue weighted by molar-refractivity contribution is 0.0374. The highest BCUT2D eigenvalue weighted by atomic mass is 16.5. The van der Waals surface area contributed by atoms with Crippen molar-refractivity contribution in [3.8, 4) is 0 Å². The van der Waals surface area contributed by atoms with E-state index in [4.69, 9.17) is 9.73 Å². The summed E-state index contributed by atoms with van der Waals surface area (Å²) in [6, 6.07) is 11.4. The van der Waals surface area contributed by atoms with Crippen LogP contribution in [-0.2, 0) is 4.74 Å². The molecule has 27 heavy (non-hydrogen) atoms. The molecule has 0 radical (unpaired) electrons. The van der Waals surface area contributed by atoms with Crippen molar-refractivity contribution in [2.24, 2.45) is 4.99 Å². The fourth-order valence-electron chi connectivity index (χ4n) is 3.87. The maximum atomic E-state index is 5.65. The summed E-state index contributed by atoms with van der Waals surface area (Å²) in [6.07, 6.45) is 8.60. The molecule has 1 aromatic carbocycles. The first-order chi connectivity index (χ1) is 13.2. The summed E-state index contributed by atoms with van der Waals surface area (Å²) in [6.45, 7) is 7.56. The van der Waals surface area contributed by atoms with Gasteiger partial charge >= 0.3 is 0 Å². The van der Waals surface area contributed by atoms with Crippen LogP contribution >= 0.6 is 0 Å². The van der Waals surface area contributed by atoms with Crippen LogP contribution in [0.2, 0.25) is 0 Å². The van der Waals surface area contributed by atoms with Crippen molar-refractivity contribution in [3.63, 3.8) is 0 Å².